The number of aliphatic carboxylic acids is 1. The minimum absolute atomic E-state index is 0.0434. The molecule has 78 valence electrons. The van der Waals surface area contributed by atoms with Crippen LogP contribution in [0.15, 0.2) is 11.6 Å². The van der Waals surface area contributed by atoms with Crippen LogP contribution in [0.5, 0.6) is 0 Å². The van der Waals surface area contributed by atoms with Crippen molar-refractivity contribution >= 4 is 11.8 Å². The van der Waals surface area contributed by atoms with E-state index >= 15 is 0 Å². The molecule has 0 fully saturated rings. The van der Waals surface area contributed by atoms with Crippen LogP contribution in [0.4, 0.5) is 0 Å². The first kappa shape index (κ1) is 11.0. The molecular formula is C11H16O3. The Balaban J connectivity index is 2.68. The first-order chi connectivity index (χ1) is 6.41. The second kappa shape index (κ2) is 3.95. The highest BCUT2D eigenvalue weighted by Crippen LogP contribution is 2.32. The summed E-state index contributed by atoms with van der Waals surface area (Å²) in [4.78, 5) is 21.8. The number of carbonyl (C=O) groups excluding carboxylic acids is 1. The Bertz CT molecular complexity index is 287. The molecule has 0 aromatic heterocycles. The van der Waals surface area contributed by atoms with E-state index in [9.17, 15) is 9.59 Å². The van der Waals surface area contributed by atoms with Crippen molar-refractivity contribution in [1.29, 1.82) is 0 Å². The fourth-order valence-electron chi connectivity index (χ4n) is 1.67. The van der Waals surface area contributed by atoms with Gasteiger partial charge in [0, 0.05) is 12.8 Å². The van der Waals surface area contributed by atoms with Gasteiger partial charge in [0.05, 0.1) is 0 Å². The van der Waals surface area contributed by atoms with Crippen LogP contribution in [0.3, 0.4) is 0 Å². The number of ketones is 1. The molecule has 0 aliphatic heterocycles. The summed E-state index contributed by atoms with van der Waals surface area (Å²) in [7, 11) is 0. The van der Waals surface area contributed by atoms with Crippen LogP contribution in [-0.2, 0) is 9.59 Å². The molecule has 0 unspecified atom stereocenters. The van der Waals surface area contributed by atoms with Gasteiger partial charge in [-0.3, -0.25) is 9.59 Å². The molecule has 0 saturated heterocycles. The Labute approximate surface area is 83.8 Å². The monoisotopic (exact) mass is 196 g/mol. The minimum Gasteiger partial charge on any atom is -0.481 e. The molecule has 0 radical (unpaired) electrons. The summed E-state index contributed by atoms with van der Waals surface area (Å²) >= 11 is 0. The van der Waals surface area contributed by atoms with E-state index in [1.807, 2.05) is 6.08 Å². The second-order valence-corrected chi connectivity index (χ2v) is 4.48. The molecule has 1 rings (SSSR count). The van der Waals surface area contributed by atoms with Crippen molar-refractivity contribution in [2.24, 2.45) is 5.41 Å². The lowest BCUT2D eigenvalue weighted by Crippen LogP contribution is -2.20. The number of carbonyl (C=O) groups is 2. The molecule has 1 N–H and O–H groups in total. The Hall–Kier alpha value is -1.12. The molecule has 0 bridgehead atoms. The van der Waals surface area contributed by atoms with E-state index in [-0.39, 0.29) is 17.6 Å². The van der Waals surface area contributed by atoms with Gasteiger partial charge < -0.3 is 5.11 Å². The normalized spacial score (nSPS) is 20.4. The van der Waals surface area contributed by atoms with E-state index in [1.54, 1.807) is 0 Å². The largest absolute Gasteiger partial charge is 0.481 e. The first-order valence-corrected chi connectivity index (χ1v) is 4.87. The second-order valence-electron chi connectivity index (χ2n) is 4.48. The Kier molecular flexibility index (Phi) is 3.09. The number of hydrogen-bond acceptors (Lipinski definition) is 2. The molecule has 0 atom stereocenters. The average molecular weight is 196 g/mol. The van der Waals surface area contributed by atoms with Gasteiger partial charge in [-0.15, -0.1) is 0 Å². The number of carboxylic acid groups (broad SMARTS) is 1. The molecule has 3 nitrogen and oxygen atoms in total. The molecule has 14 heavy (non-hydrogen) atoms. The zero-order chi connectivity index (χ0) is 10.8. The Morgan fingerprint density at radius 3 is 2.79 bits per heavy atom. The predicted octanol–water partition coefficient (Wildman–Crippen LogP) is 2.17. The van der Waals surface area contributed by atoms with Gasteiger partial charge in [0.25, 0.3) is 0 Å². The van der Waals surface area contributed by atoms with Gasteiger partial charge in [0.2, 0.25) is 0 Å². The smallest absolute Gasteiger partial charge is 0.303 e. The molecule has 0 amide bonds. The Morgan fingerprint density at radius 1 is 1.57 bits per heavy atom. The van der Waals surface area contributed by atoms with E-state index in [2.05, 4.69) is 13.8 Å². The zero-order valence-corrected chi connectivity index (χ0v) is 8.67. The van der Waals surface area contributed by atoms with Gasteiger partial charge >= 0.3 is 5.97 Å². The first-order valence-electron chi connectivity index (χ1n) is 4.87. The van der Waals surface area contributed by atoms with E-state index in [0.717, 1.165) is 6.42 Å². The third-order valence-electron chi connectivity index (χ3n) is 2.53. The molecule has 0 spiro atoms. The Morgan fingerprint density at radius 2 is 2.21 bits per heavy atom. The van der Waals surface area contributed by atoms with Crippen LogP contribution in [0.1, 0.15) is 39.5 Å². The van der Waals surface area contributed by atoms with Crippen LogP contribution in [0, 0.1) is 5.41 Å². The van der Waals surface area contributed by atoms with Gasteiger partial charge in [-0.2, -0.15) is 0 Å². The number of hydrogen-bond donors (Lipinski definition) is 1. The fourth-order valence-corrected chi connectivity index (χ4v) is 1.67. The summed E-state index contributed by atoms with van der Waals surface area (Å²) in [5.74, 6) is -0.729. The minimum atomic E-state index is -0.845. The maximum absolute atomic E-state index is 11.4. The highest BCUT2D eigenvalue weighted by molar-refractivity contribution is 5.96. The highest BCUT2D eigenvalue weighted by atomic mass is 16.4. The van der Waals surface area contributed by atoms with Crippen molar-refractivity contribution in [2.45, 2.75) is 39.5 Å². The molecule has 0 heterocycles. The van der Waals surface area contributed by atoms with Crippen molar-refractivity contribution < 1.29 is 14.7 Å². The summed E-state index contributed by atoms with van der Waals surface area (Å²) in [5, 5.41) is 8.52. The maximum Gasteiger partial charge on any atom is 0.303 e. The van der Waals surface area contributed by atoms with Crippen molar-refractivity contribution in [1.82, 2.24) is 0 Å². The summed E-state index contributed by atoms with van der Waals surface area (Å²) in [6.07, 6.45) is 3.77. The average Bonchev–Trinajstić information content (AvgIpc) is 2.06. The standard InChI is InChI=1S/C11H16O3/c1-11(2)6-5-9(12)8(7-11)3-4-10(13)14/h7H,3-6H2,1-2H3,(H,13,14). The van der Waals surface area contributed by atoms with E-state index in [1.165, 1.54) is 0 Å². The van der Waals surface area contributed by atoms with Gasteiger partial charge in [0.1, 0.15) is 0 Å². The molecule has 0 aromatic carbocycles. The summed E-state index contributed by atoms with van der Waals surface area (Å²) in [5.41, 5.74) is 0.741. The summed E-state index contributed by atoms with van der Waals surface area (Å²) in [6.45, 7) is 4.14. The van der Waals surface area contributed by atoms with E-state index in [4.69, 9.17) is 5.11 Å². The lowest BCUT2D eigenvalue weighted by atomic mass is 9.78. The molecule has 3 heteroatoms. The third kappa shape index (κ3) is 2.98. The van der Waals surface area contributed by atoms with Crippen LogP contribution in [-0.4, -0.2) is 16.9 Å². The zero-order valence-electron chi connectivity index (χ0n) is 8.67. The van der Waals surface area contributed by atoms with E-state index < -0.39 is 5.97 Å². The van der Waals surface area contributed by atoms with Crippen molar-refractivity contribution in [3.63, 3.8) is 0 Å². The van der Waals surface area contributed by atoms with Gasteiger partial charge in [0.15, 0.2) is 5.78 Å². The number of Topliss-reactive ketones (excluding diaryl/α,β-unsaturated/α-hetero) is 1. The molecule has 1 aliphatic rings. The highest BCUT2D eigenvalue weighted by Gasteiger charge is 2.25. The molecule has 0 saturated carbocycles. The number of rotatable bonds is 3. The quantitative estimate of drug-likeness (QED) is 0.752. The van der Waals surface area contributed by atoms with Crippen LogP contribution in [0.25, 0.3) is 0 Å². The molecule has 1 aliphatic carbocycles. The van der Waals surface area contributed by atoms with E-state index in [0.29, 0.717) is 18.4 Å². The topological polar surface area (TPSA) is 54.4 Å². The van der Waals surface area contributed by atoms with Gasteiger partial charge in [-0.1, -0.05) is 19.9 Å². The van der Waals surface area contributed by atoms with Crippen LogP contribution < -0.4 is 0 Å². The summed E-state index contributed by atoms with van der Waals surface area (Å²) in [6, 6.07) is 0. The van der Waals surface area contributed by atoms with Crippen LogP contribution in [0.2, 0.25) is 0 Å². The van der Waals surface area contributed by atoms with Crippen LogP contribution >= 0.6 is 0 Å². The molecular weight excluding hydrogens is 180 g/mol. The SMILES string of the molecule is CC1(C)C=C(CCC(=O)O)C(=O)CC1. The lowest BCUT2D eigenvalue weighted by molar-refractivity contribution is -0.136. The number of allylic oxidation sites excluding steroid dienone is 2. The van der Waals surface area contributed by atoms with Gasteiger partial charge in [-0.25, -0.2) is 0 Å². The van der Waals surface area contributed by atoms with Crippen molar-refractivity contribution in [3.05, 3.63) is 11.6 Å². The summed E-state index contributed by atoms with van der Waals surface area (Å²) < 4.78 is 0. The molecule has 0 aromatic rings. The number of carboxylic acids is 1. The van der Waals surface area contributed by atoms with Crippen molar-refractivity contribution in [2.75, 3.05) is 0 Å². The van der Waals surface area contributed by atoms with Crippen molar-refractivity contribution in [3.8, 4) is 0 Å². The fraction of sp³-hybridized carbons (Fsp3) is 0.636. The lowest BCUT2D eigenvalue weighted by Gasteiger charge is -2.26. The van der Waals surface area contributed by atoms with Gasteiger partial charge in [-0.05, 0) is 23.8 Å². The maximum atomic E-state index is 11.4. The third-order valence-corrected chi connectivity index (χ3v) is 2.53. The predicted molar refractivity (Wildman–Crippen MR) is 53.0 cm³/mol.